The molecule has 19 heavy (non-hydrogen) atoms. The number of aromatic nitrogens is 2. The average molecular weight is 259 g/mol. The number of anilines is 1. The van der Waals surface area contributed by atoms with Gasteiger partial charge in [-0.05, 0) is 49.9 Å². The normalized spacial score (nSPS) is 17.2. The van der Waals surface area contributed by atoms with Crippen LogP contribution < -0.4 is 5.73 Å². The van der Waals surface area contributed by atoms with Crippen LogP contribution in [0.1, 0.15) is 30.7 Å². The van der Waals surface area contributed by atoms with Crippen LogP contribution >= 0.6 is 0 Å². The summed E-state index contributed by atoms with van der Waals surface area (Å²) in [5.41, 5.74) is 8.11. The highest BCUT2D eigenvalue weighted by Gasteiger charge is 2.43. The Labute approximate surface area is 111 Å². The Morgan fingerprint density at radius 2 is 2.16 bits per heavy atom. The Kier molecular flexibility index (Phi) is 2.78. The van der Waals surface area contributed by atoms with Crippen LogP contribution in [0.2, 0.25) is 0 Å². The number of ether oxygens (including phenoxy) is 1. The molecular weight excluding hydrogens is 242 g/mol. The summed E-state index contributed by atoms with van der Waals surface area (Å²) in [5.74, 6) is 1.16. The minimum absolute atomic E-state index is 0.343. The summed E-state index contributed by atoms with van der Waals surface area (Å²) in [6.45, 7) is 1.96. The average Bonchev–Trinajstić information content (AvgIpc) is 2.82. The third-order valence-corrected chi connectivity index (χ3v) is 3.90. The van der Waals surface area contributed by atoms with Crippen LogP contribution in [0.25, 0.3) is 11.5 Å². The molecule has 1 aliphatic rings. The number of aryl methyl sites for hydroxylation is 1. The monoisotopic (exact) mass is 259 g/mol. The standard InChI is InChI=1S/C14H17N3O2/c1-9-8-10(4-5-11(9)15)12-16-13(17-19-12)14(18-2)6-3-7-14/h4-5,8H,3,6-7,15H2,1-2H3. The fourth-order valence-corrected chi connectivity index (χ4v) is 2.35. The van der Waals surface area contributed by atoms with E-state index in [9.17, 15) is 0 Å². The van der Waals surface area contributed by atoms with Crippen LogP contribution in [0.5, 0.6) is 0 Å². The highest BCUT2D eigenvalue weighted by atomic mass is 16.5. The summed E-state index contributed by atoms with van der Waals surface area (Å²) in [6.07, 6.45) is 3.03. The summed E-state index contributed by atoms with van der Waals surface area (Å²) >= 11 is 0. The van der Waals surface area contributed by atoms with Gasteiger partial charge in [-0.3, -0.25) is 0 Å². The van der Waals surface area contributed by atoms with Crippen molar-refractivity contribution in [2.45, 2.75) is 31.8 Å². The largest absolute Gasteiger partial charge is 0.399 e. The fourth-order valence-electron chi connectivity index (χ4n) is 2.35. The predicted molar refractivity (Wildman–Crippen MR) is 71.4 cm³/mol. The van der Waals surface area contributed by atoms with Crippen molar-refractivity contribution in [3.05, 3.63) is 29.6 Å². The van der Waals surface area contributed by atoms with Gasteiger partial charge in [0.1, 0.15) is 5.60 Å². The van der Waals surface area contributed by atoms with E-state index in [4.69, 9.17) is 15.0 Å². The summed E-state index contributed by atoms with van der Waals surface area (Å²) < 4.78 is 10.9. The van der Waals surface area contributed by atoms with E-state index in [1.807, 2.05) is 25.1 Å². The Morgan fingerprint density at radius 1 is 1.37 bits per heavy atom. The minimum atomic E-state index is -0.343. The Bertz CT molecular complexity index is 597. The number of nitrogens with two attached hydrogens (primary N) is 1. The Balaban J connectivity index is 1.94. The van der Waals surface area contributed by atoms with Crippen LogP contribution in [0.15, 0.2) is 22.7 Å². The van der Waals surface area contributed by atoms with Gasteiger partial charge in [-0.2, -0.15) is 4.98 Å². The van der Waals surface area contributed by atoms with Crippen LogP contribution in [0, 0.1) is 6.92 Å². The van der Waals surface area contributed by atoms with Gasteiger partial charge in [-0.1, -0.05) is 5.16 Å². The van der Waals surface area contributed by atoms with Gasteiger partial charge < -0.3 is 15.0 Å². The van der Waals surface area contributed by atoms with Crippen LogP contribution in [-0.4, -0.2) is 17.3 Å². The first-order chi connectivity index (χ1) is 9.14. The number of nitrogen functional groups attached to an aromatic ring is 1. The molecule has 0 unspecified atom stereocenters. The van der Waals surface area contributed by atoms with Gasteiger partial charge in [-0.25, -0.2) is 0 Å². The van der Waals surface area contributed by atoms with Gasteiger partial charge in [0.25, 0.3) is 5.89 Å². The molecule has 2 aromatic rings. The molecule has 1 aromatic carbocycles. The second-order valence-electron chi connectivity index (χ2n) is 5.05. The van der Waals surface area contributed by atoms with Gasteiger partial charge in [0.2, 0.25) is 5.82 Å². The molecule has 0 radical (unpaired) electrons. The lowest BCUT2D eigenvalue weighted by Gasteiger charge is -2.37. The van der Waals surface area contributed by atoms with Crippen molar-refractivity contribution >= 4 is 5.69 Å². The second-order valence-corrected chi connectivity index (χ2v) is 5.05. The molecule has 0 aliphatic heterocycles. The number of nitrogens with zero attached hydrogens (tertiary/aromatic N) is 2. The first kappa shape index (κ1) is 12.2. The Hall–Kier alpha value is -1.88. The van der Waals surface area contributed by atoms with Crippen LogP contribution in [-0.2, 0) is 10.3 Å². The van der Waals surface area contributed by atoms with Crippen molar-refractivity contribution in [1.29, 1.82) is 0 Å². The van der Waals surface area contributed by atoms with Gasteiger partial charge in [0, 0.05) is 18.4 Å². The van der Waals surface area contributed by atoms with Crippen molar-refractivity contribution in [2.75, 3.05) is 12.8 Å². The number of rotatable bonds is 3. The molecular formula is C14H17N3O2. The lowest BCUT2D eigenvalue weighted by atomic mass is 9.79. The molecule has 0 atom stereocenters. The number of methoxy groups -OCH3 is 1. The van der Waals surface area contributed by atoms with Crippen molar-refractivity contribution in [3.8, 4) is 11.5 Å². The fraction of sp³-hybridized carbons (Fsp3) is 0.429. The van der Waals surface area contributed by atoms with E-state index in [1.54, 1.807) is 7.11 Å². The lowest BCUT2D eigenvalue weighted by molar-refractivity contribution is -0.0858. The molecule has 5 nitrogen and oxygen atoms in total. The predicted octanol–water partition coefficient (Wildman–Crippen LogP) is 2.65. The molecule has 1 heterocycles. The lowest BCUT2D eigenvalue weighted by Crippen LogP contribution is -2.37. The van der Waals surface area contributed by atoms with E-state index in [1.165, 1.54) is 0 Å². The smallest absolute Gasteiger partial charge is 0.258 e. The van der Waals surface area contributed by atoms with Gasteiger partial charge in [-0.15, -0.1) is 0 Å². The first-order valence-corrected chi connectivity index (χ1v) is 6.40. The molecule has 0 spiro atoms. The van der Waals surface area contributed by atoms with Crippen LogP contribution in [0.4, 0.5) is 5.69 Å². The van der Waals surface area contributed by atoms with Crippen LogP contribution in [0.3, 0.4) is 0 Å². The number of hydrogen-bond donors (Lipinski definition) is 1. The van der Waals surface area contributed by atoms with Crippen molar-refractivity contribution in [1.82, 2.24) is 10.1 Å². The maximum Gasteiger partial charge on any atom is 0.258 e. The molecule has 1 saturated carbocycles. The molecule has 5 heteroatoms. The third-order valence-electron chi connectivity index (χ3n) is 3.90. The maximum atomic E-state index is 5.81. The first-order valence-electron chi connectivity index (χ1n) is 6.40. The molecule has 100 valence electrons. The van der Waals surface area contributed by atoms with Crippen molar-refractivity contribution in [2.24, 2.45) is 0 Å². The zero-order valence-electron chi connectivity index (χ0n) is 11.1. The maximum absolute atomic E-state index is 5.81. The summed E-state index contributed by atoms with van der Waals surface area (Å²) in [7, 11) is 1.70. The molecule has 0 bridgehead atoms. The zero-order valence-corrected chi connectivity index (χ0v) is 11.1. The molecule has 1 fully saturated rings. The second kappa shape index (κ2) is 4.35. The quantitative estimate of drug-likeness (QED) is 0.858. The molecule has 1 aromatic heterocycles. The number of benzene rings is 1. The molecule has 3 rings (SSSR count). The van der Waals surface area contributed by atoms with E-state index < -0.39 is 0 Å². The topological polar surface area (TPSA) is 74.2 Å². The zero-order chi connectivity index (χ0) is 13.5. The highest BCUT2D eigenvalue weighted by Crippen LogP contribution is 2.43. The number of hydrogen-bond acceptors (Lipinski definition) is 5. The summed E-state index contributed by atoms with van der Waals surface area (Å²) in [4.78, 5) is 4.47. The SMILES string of the molecule is COC1(c2noc(-c3ccc(N)c(C)c3)n2)CCC1. The highest BCUT2D eigenvalue weighted by molar-refractivity contribution is 5.60. The van der Waals surface area contributed by atoms with E-state index >= 15 is 0 Å². The minimum Gasteiger partial charge on any atom is -0.399 e. The van der Waals surface area contributed by atoms with Gasteiger partial charge in [0.05, 0.1) is 0 Å². The van der Waals surface area contributed by atoms with E-state index in [-0.39, 0.29) is 5.60 Å². The Morgan fingerprint density at radius 3 is 2.74 bits per heavy atom. The van der Waals surface area contributed by atoms with Gasteiger partial charge in [0.15, 0.2) is 0 Å². The van der Waals surface area contributed by atoms with E-state index in [0.717, 1.165) is 36.1 Å². The molecule has 2 N–H and O–H groups in total. The van der Waals surface area contributed by atoms with E-state index in [0.29, 0.717) is 11.7 Å². The molecule has 1 aliphatic carbocycles. The van der Waals surface area contributed by atoms with Gasteiger partial charge >= 0.3 is 0 Å². The third kappa shape index (κ3) is 1.90. The van der Waals surface area contributed by atoms with Crippen molar-refractivity contribution in [3.63, 3.8) is 0 Å². The summed E-state index contributed by atoms with van der Waals surface area (Å²) in [6, 6.07) is 5.69. The molecule has 0 saturated heterocycles. The van der Waals surface area contributed by atoms with Crippen molar-refractivity contribution < 1.29 is 9.26 Å². The summed E-state index contributed by atoms with van der Waals surface area (Å²) in [5, 5.41) is 4.07. The van der Waals surface area contributed by atoms with E-state index in [2.05, 4.69) is 10.1 Å². The molecule has 0 amide bonds.